The molecule has 0 fully saturated rings. The van der Waals surface area contributed by atoms with E-state index >= 15 is 0 Å². The maximum Gasteiger partial charge on any atom is 0.127 e. The van der Waals surface area contributed by atoms with Crippen molar-refractivity contribution in [2.45, 2.75) is 38.5 Å². The fourth-order valence-electron chi connectivity index (χ4n) is 3.79. The number of rotatable bonds is 1. The Morgan fingerprint density at radius 2 is 2.26 bits per heavy atom. The molecule has 2 aliphatic rings. The summed E-state index contributed by atoms with van der Waals surface area (Å²) in [6, 6.07) is 7.12. The van der Waals surface area contributed by atoms with Crippen LogP contribution < -0.4 is 17.7 Å². The molecule has 1 atom stereocenters. The van der Waals surface area contributed by atoms with Crippen LogP contribution in [0.4, 0.5) is 0 Å². The van der Waals surface area contributed by atoms with Gasteiger partial charge in [-0.1, -0.05) is 6.07 Å². The summed E-state index contributed by atoms with van der Waals surface area (Å²) in [6.07, 6.45) is 3.82. The van der Waals surface area contributed by atoms with Crippen LogP contribution in [0.15, 0.2) is 18.2 Å². The van der Waals surface area contributed by atoms with Crippen LogP contribution in [0.25, 0.3) is 10.9 Å². The third kappa shape index (κ3) is 1.80. The zero-order chi connectivity index (χ0) is 12.1. The Balaban J connectivity index is 0.00000110. The number of aryl methyl sites for hydroxylation is 1. The molecule has 3 N–H and O–H groups in total. The van der Waals surface area contributed by atoms with E-state index in [0.29, 0.717) is 6.04 Å². The first-order valence-corrected chi connectivity index (χ1v) is 6.96. The molecule has 2 aromatic rings. The van der Waals surface area contributed by atoms with Crippen molar-refractivity contribution in [3.63, 3.8) is 0 Å². The Morgan fingerprint density at radius 3 is 3.11 bits per heavy atom. The SMILES string of the molecule is OCc1ccc2c(c1)c1c3n2CC[NH2+]C3CCC1.[Cl-]. The highest BCUT2D eigenvalue weighted by atomic mass is 35.5. The van der Waals surface area contributed by atoms with E-state index in [1.807, 2.05) is 0 Å². The Morgan fingerprint density at radius 1 is 1.37 bits per heavy atom. The number of aromatic nitrogens is 1. The third-order valence-electron chi connectivity index (χ3n) is 4.56. The van der Waals surface area contributed by atoms with Crippen molar-refractivity contribution in [1.82, 2.24) is 4.57 Å². The lowest BCUT2D eigenvalue weighted by atomic mass is 9.90. The number of hydrogen-bond acceptors (Lipinski definition) is 1. The molecule has 1 aliphatic carbocycles. The predicted molar refractivity (Wildman–Crippen MR) is 70.3 cm³/mol. The van der Waals surface area contributed by atoms with Crippen LogP contribution in [-0.2, 0) is 19.6 Å². The van der Waals surface area contributed by atoms with Gasteiger partial charge in [0.25, 0.3) is 0 Å². The van der Waals surface area contributed by atoms with E-state index in [4.69, 9.17) is 0 Å². The quantitative estimate of drug-likeness (QED) is 0.628. The largest absolute Gasteiger partial charge is 1.00 e. The van der Waals surface area contributed by atoms with Crippen LogP contribution in [0.5, 0.6) is 0 Å². The normalized spacial score (nSPS) is 21.0. The molecular weight excluding hydrogens is 260 g/mol. The van der Waals surface area contributed by atoms with Gasteiger partial charge in [-0.25, -0.2) is 0 Å². The summed E-state index contributed by atoms with van der Waals surface area (Å²) >= 11 is 0. The average molecular weight is 279 g/mol. The van der Waals surface area contributed by atoms with Crippen molar-refractivity contribution in [1.29, 1.82) is 0 Å². The minimum absolute atomic E-state index is 0. The van der Waals surface area contributed by atoms with Crippen LogP contribution in [0, 0.1) is 0 Å². The van der Waals surface area contributed by atoms with Gasteiger partial charge in [0.15, 0.2) is 0 Å². The molecule has 0 saturated carbocycles. The van der Waals surface area contributed by atoms with E-state index in [9.17, 15) is 5.11 Å². The van der Waals surface area contributed by atoms with Crippen LogP contribution in [0.2, 0.25) is 0 Å². The number of benzene rings is 1. The maximum absolute atomic E-state index is 9.32. The van der Waals surface area contributed by atoms with Gasteiger partial charge >= 0.3 is 0 Å². The van der Waals surface area contributed by atoms with Gasteiger partial charge in [0, 0.05) is 17.3 Å². The van der Waals surface area contributed by atoms with Crippen LogP contribution >= 0.6 is 0 Å². The molecule has 0 saturated heterocycles. The second-order valence-corrected chi connectivity index (χ2v) is 5.55. The van der Waals surface area contributed by atoms with Crippen molar-refractivity contribution >= 4 is 10.9 Å². The van der Waals surface area contributed by atoms with Crippen LogP contribution in [0.1, 0.15) is 35.7 Å². The summed E-state index contributed by atoms with van der Waals surface area (Å²) in [7, 11) is 0. The molecule has 4 heteroatoms. The van der Waals surface area contributed by atoms with Crippen molar-refractivity contribution < 1.29 is 22.8 Å². The van der Waals surface area contributed by atoms with E-state index < -0.39 is 0 Å². The molecule has 1 unspecified atom stereocenters. The van der Waals surface area contributed by atoms with Gasteiger partial charge in [0.2, 0.25) is 0 Å². The molecule has 19 heavy (non-hydrogen) atoms. The van der Waals surface area contributed by atoms with Gasteiger partial charge in [-0.05, 0) is 36.1 Å². The van der Waals surface area contributed by atoms with E-state index in [1.165, 1.54) is 36.7 Å². The lowest BCUT2D eigenvalue weighted by molar-refractivity contribution is -0.704. The van der Waals surface area contributed by atoms with Crippen molar-refractivity contribution in [3.05, 3.63) is 35.0 Å². The number of nitrogens with two attached hydrogens (primary N) is 1. The molecule has 1 aliphatic heterocycles. The number of hydrogen-bond donors (Lipinski definition) is 2. The smallest absolute Gasteiger partial charge is 0.127 e. The van der Waals surface area contributed by atoms with Crippen molar-refractivity contribution in [3.8, 4) is 0 Å². The molecule has 1 aromatic carbocycles. The Labute approximate surface area is 119 Å². The van der Waals surface area contributed by atoms with Gasteiger partial charge in [-0.3, -0.25) is 0 Å². The minimum Gasteiger partial charge on any atom is -1.00 e. The Bertz CT molecular complexity index is 618. The number of nitrogens with zero attached hydrogens (tertiary/aromatic N) is 1. The van der Waals surface area contributed by atoms with Gasteiger partial charge < -0.3 is 27.4 Å². The van der Waals surface area contributed by atoms with E-state index in [2.05, 4.69) is 28.1 Å². The summed E-state index contributed by atoms with van der Waals surface area (Å²) in [5.74, 6) is 0. The first kappa shape index (κ1) is 13.0. The zero-order valence-electron chi connectivity index (χ0n) is 10.9. The number of quaternary nitrogens is 1. The second kappa shape index (κ2) is 4.82. The fraction of sp³-hybridized carbons (Fsp3) is 0.467. The molecule has 0 radical (unpaired) electrons. The highest BCUT2D eigenvalue weighted by Crippen LogP contribution is 2.37. The van der Waals surface area contributed by atoms with Crippen molar-refractivity contribution in [2.75, 3.05) is 6.54 Å². The van der Waals surface area contributed by atoms with Crippen LogP contribution in [-0.4, -0.2) is 16.2 Å². The van der Waals surface area contributed by atoms with E-state index in [1.54, 1.807) is 11.3 Å². The number of aliphatic hydroxyl groups is 1. The standard InChI is InChI=1S/C15H18N2O.ClH/c18-9-10-4-5-14-12(8-10)11-2-1-3-13-15(11)17(14)7-6-16-13;/h4-5,8,13,16,18H,1-3,6-7,9H2;1H. The van der Waals surface area contributed by atoms with Crippen LogP contribution in [0.3, 0.4) is 0 Å². The van der Waals surface area contributed by atoms with Gasteiger partial charge in [0.05, 0.1) is 25.4 Å². The van der Waals surface area contributed by atoms with Gasteiger partial charge in [-0.2, -0.15) is 0 Å². The van der Waals surface area contributed by atoms with E-state index in [0.717, 1.165) is 12.1 Å². The first-order chi connectivity index (χ1) is 8.88. The first-order valence-electron chi connectivity index (χ1n) is 6.96. The predicted octanol–water partition coefficient (Wildman–Crippen LogP) is -1.91. The molecule has 4 rings (SSSR count). The summed E-state index contributed by atoms with van der Waals surface area (Å²) in [5, 5.41) is 13.2. The molecular formula is C15H19ClN2O. The number of aliphatic hydroxyl groups excluding tert-OH is 1. The number of halogens is 1. The van der Waals surface area contributed by atoms with Gasteiger partial charge in [-0.15, -0.1) is 0 Å². The Hall–Kier alpha value is -1.03. The van der Waals surface area contributed by atoms with Crippen molar-refractivity contribution in [2.24, 2.45) is 0 Å². The molecule has 3 nitrogen and oxygen atoms in total. The molecule has 0 bridgehead atoms. The van der Waals surface area contributed by atoms with Gasteiger partial charge in [0.1, 0.15) is 6.04 Å². The zero-order valence-corrected chi connectivity index (χ0v) is 11.7. The summed E-state index contributed by atoms with van der Waals surface area (Å²) < 4.78 is 2.52. The lowest BCUT2D eigenvalue weighted by Gasteiger charge is -2.27. The minimum atomic E-state index is 0. The second-order valence-electron chi connectivity index (χ2n) is 5.55. The average Bonchev–Trinajstić information content (AvgIpc) is 2.76. The molecule has 1 aromatic heterocycles. The maximum atomic E-state index is 9.32. The molecule has 2 heterocycles. The lowest BCUT2D eigenvalue weighted by Crippen LogP contribution is -3.00. The summed E-state index contributed by atoms with van der Waals surface area (Å²) in [4.78, 5) is 0. The fourth-order valence-corrected chi connectivity index (χ4v) is 3.79. The molecule has 102 valence electrons. The monoisotopic (exact) mass is 278 g/mol. The topological polar surface area (TPSA) is 41.8 Å². The Kier molecular flexibility index (Phi) is 3.29. The van der Waals surface area contributed by atoms with E-state index in [-0.39, 0.29) is 19.0 Å². The third-order valence-corrected chi connectivity index (χ3v) is 4.56. The molecule has 0 amide bonds. The summed E-state index contributed by atoms with van der Waals surface area (Å²) in [6.45, 7) is 2.47. The highest BCUT2D eigenvalue weighted by molar-refractivity contribution is 5.86. The summed E-state index contributed by atoms with van der Waals surface area (Å²) in [5.41, 5.74) is 5.52. The molecule has 0 spiro atoms. The highest BCUT2D eigenvalue weighted by Gasteiger charge is 2.32. The number of fused-ring (bicyclic) bond motifs is 3.